The van der Waals surface area contributed by atoms with Gasteiger partial charge in [-0.2, -0.15) is 0 Å². The summed E-state index contributed by atoms with van der Waals surface area (Å²) in [6.45, 7) is 1.74. The second-order valence-corrected chi connectivity index (χ2v) is 4.24. The van der Waals surface area contributed by atoms with E-state index in [0.717, 1.165) is 0 Å². The summed E-state index contributed by atoms with van der Waals surface area (Å²) in [5, 5.41) is 2.25. The van der Waals surface area contributed by atoms with E-state index in [1.54, 1.807) is 30.6 Å². The maximum Gasteiger partial charge on any atom is 0.222 e. The number of halogens is 1. The summed E-state index contributed by atoms with van der Waals surface area (Å²) in [5.41, 5.74) is 0.381. The van der Waals surface area contributed by atoms with Crippen LogP contribution in [0.1, 0.15) is 21.2 Å². The summed E-state index contributed by atoms with van der Waals surface area (Å²) >= 11 is 7.19. The fourth-order valence-electron chi connectivity index (χ4n) is 1.15. The van der Waals surface area contributed by atoms with Crippen molar-refractivity contribution in [3.8, 4) is 0 Å². The Morgan fingerprint density at radius 1 is 1.47 bits per heavy atom. The summed E-state index contributed by atoms with van der Waals surface area (Å²) < 4.78 is 0. The minimum absolute atomic E-state index is 0.152. The average molecular weight is 239 g/mol. The van der Waals surface area contributed by atoms with Crippen LogP contribution in [0.2, 0.25) is 5.02 Å². The fourth-order valence-corrected chi connectivity index (χ4v) is 2.24. The van der Waals surface area contributed by atoms with Gasteiger partial charge in [-0.3, -0.25) is 4.79 Å². The molecule has 2 rings (SSSR count). The molecule has 0 aliphatic carbocycles. The highest BCUT2D eigenvalue weighted by molar-refractivity contribution is 7.13. The molecule has 0 fully saturated rings. The summed E-state index contributed by atoms with van der Waals surface area (Å²) in [7, 11) is 0. The van der Waals surface area contributed by atoms with Crippen LogP contribution in [0.25, 0.3) is 0 Å². The molecule has 3 nitrogen and oxygen atoms in total. The van der Waals surface area contributed by atoms with Gasteiger partial charge >= 0.3 is 0 Å². The lowest BCUT2D eigenvalue weighted by atomic mass is 10.2. The lowest BCUT2D eigenvalue weighted by molar-refractivity contribution is 0.103. The van der Waals surface area contributed by atoms with Crippen LogP contribution in [0.5, 0.6) is 0 Å². The van der Waals surface area contributed by atoms with E-state index in [-0.39, 0.29) is 5.78 Å². The van der Waals surface area contributed by atoms with E-state index in [2.05, 4.69) is 9.97 Å². The summed E-state index contributed by atoms with van der Waals surface area (Å²) in [5.74, 6) is 0.425. The van der Waals surface area contributed by atoms with E-state index in [0.29, 0.717) is 21.4 Å². The molecular weight excluding hydrogens is 232 g/mol. The van der Waals surface area contributed by atoms with Crippen LogP contribution in [0.4, 0.5) is 0 Å². The van der Waals surface area contributed by atoms with Gasteiger partial charge in [0, 0.05) is 6.20 Å². The molecule has 0 radical (unpaired) electrons. The van der Waals surface area contributed by atoms with Crippen molar-refractivity contribution in [2.24, 2.45) is 0 Å². The second-order valence-electron chi connectivity index (χ2n) is 2.92. The first-order valence-corrected chi connectivity index (χ1v) is 5.51. The molecule has 0 saturated heterocycles. The summed E-state index contributed by atoms with van der Waals surface area (Å²) in [6.07, 6.45) is 1.57. The van der Waals surface area contributed by atoms with Gasteiger partial charge in [0.25, 0.3) is 0 Å². The van der Waals surface area contributed by atoms with Crippen molar-refractivity contribution in [2.45, 2.75) is 6.92 Å². The van der Waals surface area contributed by atoms with Gasteiger partial charge in [-0.1, -0.05) is 11.6 Å². The van der Waals surface area contributed by atoms with Gasteiger partial charge in [0.05, 0.1) is 9.90 Å². The van der Waals surface area contributed by atoms with Gasteiger partial charge in [-0.15, -0.1) is 11.3 Å². The first-order valence-electron chi connectivity index (χ1n) is 4.26. The normalized spacial score (nSPS) is 10.3. The number of aromatic nitrogens is 2. The van der Waals surface area contributed by atoms with Crippen molar-refractivity contribution in [3.63, 3.8) is 0 Å². The van der Waals surface area contributed by atoms with Crippen molar-refractivity contribution in [2.75, 3.05) is 0 Å². The van der Waals surface area contributed by atoms with Crippen LogP contribution in [0.15, 0.2) is 23.7 Å². The standard InChI is InChI=1S/C10H7ClN2OS/c1-6-12-4-2-8(13-6)9(14)10-7(11)3-5-15-10/h2-5H,1H3. The Morgan fingerprint density at radius 3 is 2.87 bits per heavy atom. The van der Waals surface area contributed by atoms with Gasteiger partial charge in [0.1, 0.15) is 11.5 Å². The first-order chi connectivity index (χ1) is 7.18. The van der Waals surface area contributed by atoms with Gasteiger partial charge < -0.3 is 0 Å². The van der Waals surface area contributed by atoms with Crippen molar-refractivity contribution in [1.29, 1.82) is 0 Å². The van der Waals surface area contributed by atoms with E-state index in [9.17, 15) is 4.79 Å². The molecule has 0 aromatic carbocycles. The highest BCUT2D eigenvalue weighted by Crippen LogP contribution is 2.24. The molecule has 5 heteroatoms. The Kier molecular flexibility index (Phi) is 2.79. The molecule has 0 saturated carbocycles. The van der Waals surface area contributed by atoms with Crippen molar-refractivity contribution in [3.05, 3.63) is 45.1 Å². The highest BCUT2D eigenvalue weighted by atomic mass is 35.5. The molecule has 0 amide bonds. The third-order valence-corrected chi connectivity index (χ3v) is 3.17. The Labute approximate surface area is 95.8 Å². The maximum absolute atomic E-state index is 11.9. The van der Waals surface area contributed by atoms with E-state index in [4.69, 9.17) is 11.6 Å². The predicted octanol–water partition coefficient (Wildman–Crippen LogP) is 2.73. The Hall–Kier alpha value is -1.26. The first kappa shape index (κ1) is 10.3. The fraction of sp³-hybridized carbons (Fsp3) is 0.100. The van der Waals surface area contributed by atoms with E-state index in [1.165, 1.54) is 11.3 Å². The quantitative estimate of drug-likeness (QED) is 0.756. The van der Waals surface area contributed by atoms with Crippen molar-refractivity contribution < 1.29 is 4.79 Å². The van der Waals surface area contributed by atoms with Crippen LogP contribution in [-0.4, -0.2) is 15.8 Å². The van der Waals surface area contributed by atoms with E-state index < -0.39 is 0 Å². The average Bonchev–Trinajstić information content (AvgIpc) is 2.63. The second kappa shape index (κ2) is 4.08. The molecule has 2 heterocycles. The van der Waals surface area contributed by atoms with Crippen LogP contribution >= 0.6 is 22.9 Å². The van der Waals surface area contributed by atoms with Crippen LogP contribution in [-0.2, 0) is 0 Å². The zero-order chi connectivity index (χ0) is 10.8. The maximum atomic E-state index is 11.9. The Bertz CT molecular complexity index is 510. The third kappa shape index (κ3) is 2.06. The van der Waals surface area contributed by atoms with Crippen LogP contribution in [0.3, 0.4) is 0 Å². The number of hydrogen-bond donors (Lipinski definition) is 0. The lowest BCUT2D eigenvalue weighted by Crippen LogP contribution is -2.04. The lowest BCUT2D eigenvalue weighted by Gasteiger charge is -1.98. The topological polar surface area (TPSA) is 42.9 Å². The molecule has 2 aromatic heterocycles. The van der Waals surface area contributed by atoms with Gasteiger partial charge in [0.2, 0.25) is 5.78 Å². The molecule has 0 aliphatic heterocycles. The van der Waals surface area contributed by atoms with Crippen molar-refractivity contribution >= 4 is 28.7 Å². The monoisotopic (exact) mass is 238 g/mol. The summed E-state index contributed by atoms with van der Waals surface area (Å²) in [4.78, 5) is 20.4. The van der Waals surface area contributed by atoms with Crippen LogP contribution in [0, 0.1) is 6.92 Å². The number of carbonyl (C=O) groups excluding carboxylic acids is 1. The zero-order valence-electron chi connectivity index (χ0n) is 7.90. The summed E-state index contributed by atoms with van der Waals surface area (Å²) in [6, 6.07) is 3.29. The Morgan fingerprint density at radius 2 is 2.27 bits per heavy atom. The molecular formula is C10H7ClN2OS. The SMILES string of the molecule is Cc1nccc(C(=O)c2sccc2Cl)n1. The van der Waals surface area contributed by atoms with E-state index >= 15 is 0 Å². The minimum Gasteiger partial charge on any atom is -0.286 e. The highest BCUT2D eigenvalue weighted by Gasteiger charge is 2.15. The largest absolute Gasteiger partial charge is 0.286 e. The molecule has 0 atom stereocenters. The Balaban J connectivity index is 2.41. The molecule has 0 bridgehead atoms. The number of thiophene rings is 1. The number of ketones is 1. The number of carbonyl (C=O) groups is 1. The molecule has 76 valence electrons. The zero-order valence-corrected chi connectivity index (χ0v) is 9.47. The molecule has 15 heavy (non-hydrogen) atoms. The molecule has 0 N–H and O–H groups in total. The van der Waals surface area contributed by atoms with E-state index in [1.807, 2.05) is 0 Å². The number of nitrogens with zero attached hydrogens (tertiary/aromatic N) is 2. The smallest absolute Gasteiger partial charge is 0.222 e. The number of rotatable bonds is 2. The number of aryl methyl sites for hydroxylation is 1. The molecule has 0 aliphatic rings. The molecule has 0 unspecified atom stereocenters. The van der Waals surface area contributed by atoms with Gasteiger partial charge in [-0.05, 0) is 24.4 Å². The number of hydrogen-bond acceptors (Lipinski definition) is 4. The molecule has 0 spiro atoms. The van der Waals surface area contributed by atoms with Gasteiger partial charge in [-0.25, -0.2) is 9.97 Å². The minimum atomic E-state index is -0.152. The van der Waals surface area contributed by atoms with Crippen LogP contribution < -0.4 is 0 Å². The third-order valence-electron chi connectivity index (χ3n) is 1.83. The van der Waals surface area contributed by atoms with Crippen molar-refractivity contribution in [1.82, 2.24) is 9.97 Å². The molecule has 2 aromatic rings. The predicted molar refractivity (Wildman–Crippen MR) is 59.5 cm³/mol. The van der Waals surface area contributed by atoms with Gasteiger partial charge in [0.15, 0.2) is 0 Å².